The number of carboxylic acids is 1. The van der Waals surface area contributed by atoms with Crippen molar-refractivity contribution in [2.24, 2.45) is 5.41 Å². The molecule has 0 saturated carbocycles. The molecule has 0 bridgehead atoms. The van der Waals surface area contributed by atoms with Crippen molar-refractivity contribution < 1.29 is 24.2 Å². The van der Waals surface area contributed by atoms with Gasteiger partial charge in [0.1, 0.15) is 12.6 Å². The highest BCUT2D eigenvalue weighted by molar-refractivity contribution is 5.82. The molecule has 0 spiro atoms. The van der Waals surface area contributed by atoms with Gasteiger partial charge in [0.05, 0.1) is 6.61 Å². The molecular formula is C23H25NO5. The second kappa shape index (κ2) is 8.49. The third kappa shape index (κ3) is 4.03. The van der Waals surface area contributed by atoms with Gasteiger partial charge in [0.25, 0.3) is 0 Å². The zero-order valence-electron chi connectivity index (χ0n) is 16.6. The van der Waals surface area contributed by atoms with E-state index in [1.54, 1.807) is 6.92 Å². The van der Waals surface area contributed by atoms with E-state index in [2.05, 4.69) is 24.0 Å². The Bertz CT molecular complexity index is 879. The molecule has 1 aliphatic carbocycles. The van der Waals surface area contributed by atoms with Crippen molar-refractivity contribution in [3.8, 4) is 11.1 Å². The van der Waals surface area contributed by atoms with Gasteiger partial charge in [-0.1, -0.05) is 61.5 Å². The molecule has 29 heavy (non-hydrogen) atoms. The highest BCUT2D eigenvalue weighted by Gasteiger charge is 2.39. The molecule has 2 aromatic rings. The minimum Gasteiger partial charge on any atom is -0.480 e. The molecule has 0 heterocycles. The third-order valence-electron chi connectivity index (χ3n) is 5.43. The van der Waals surface area contributed by atoms with E-state index in [9.17, 15) is 14.7 Å². The maximum atomic E-state index is 12.4. The Morgan fingerprint density at radius 3 is 2.21 bits per heavy atom. The van der Waals surface area contributed by atoms with E-state index in [1.807, 2.05) is 36.4 Å². The Labute approximate surface area is 170 Å². The van der Waals surface area contributed by atoms with Gasteiger partial charge >= 0.3 is 12.1 Å². The fourth-order valence-electron chi connectivity index (χ4n) is 3.84. The number of ether oxygens (including phenoxy) is 2. The number of aliphatic carboxylic acids is 1. The number of carbonyl (C=O) groups excluding carboxylic acids is 1. The van der Waals surface area contributed by atoms with Gasteiger partial charge in [-0.2, -0.15) is 0 Å². The summed E-state index contributed by atoms with van der Waals surface area (Å²) >= 11 is 0. The Kier molecular flexibility index (Phi) is 6.03. The summed E-state index contributed by atoms with van der Waals surface area (Å²) in [5.74, 6) is -1.28. The zero-order valence-corrected chi connectivity index (χ0v) is 16.6. The average Bonchev–Trinajstić information content (AvgIpc) is 3.04. The van der Waals surface area contributed by atoms with Gasteiger partial charge in [0, 0.05) is 18.4 Å². The van der Waals surface area contributed by atoms with Gasteiger partial charge < -0.3 is 19.9 Å². The van der Waals surface area contributed by atoms with Gasteiger partial charge in [0.15, 0.2) is 0 Å². The van der Waals surface area contributed by atoms with Crippen LogP contribution in [0.1, 0.15) is 24.0 Å². The number of carboxylic acid groups (broad SMARTS) is 1. The summed E-state index contributed by atoms with van der Waals surface area (Å²) in [6.07, 6.45) is 0.683. The lowest BCUT2D eigenvalue weighted by Gasteiger charge is -2.31. The van der Waals surface area contributed by atoms with Crippen molar-refractivity contribution in [1.82, 2.24) is 5.32 Å². The zero-order chi connectivity index (χ0) is 21.0. The number of hydrogen-bond donors (Lipinski definition) is 2. The van der Waals surface area contributed by atoms with E-state index in [0.717, 1.165) is 22.3 Å². The van der Waals surface area contributed by atoms with E-state index in [-0.39, 0.29) is 19.1 Å². The van der Waals surface area contributed by atoms with Crippen LogP contribution in [0, 0.1) is 5.41 Å². The van der Waals surface area contributed by atoms with Gasteiger partial charge in [-0.25, -0.2) is 9.59 Å². The van der Waals surface area contributed by atoms with E-state index >= 15 is 0 Å². The van der Waals surface area contributed by atoms with Crippen LogP contribution in [0.5, 0.6) is 0 Å². The van der Waals surface area contributed by atoms with Crippen molar-refractivity contribution in [2.75, 3.05) is 20.3 Å². The number of fused-ring (bicyclic) bond motifs is 3. The minimum atomic E-state index is -1.23. The normalized spacial score (nSPS) is 15.5. The summed E-state index contributed by atoms with van der Waals surface area (Å²) in [5, 5.41) is 12.0. The summed E-state index contributed by atoms with van der Waals surface area (Å²) in [7, 11) is 1.47. The van der Waals surface area contributed by atoms with Crippen LogP contribution in [0.15, 0.2) is 61.2 Å². The maximum Gasteiger partial charge on any atom is 0.407 e. The molecule has 0 aliphatic heterocycles. The molecule has 0 radical (unpaired) electrons. The van der Waals surface area contributed by atoms with E-state index in [4.69, 9.17) is 9.47 Å². The second-order valence-corrected chi connectivity index (χ2v) is 7.38. The number of benzene rings is 2. The van der Waals surface area contributed by atoms with Crippen LogP contribution in [0.25, 0.3) is 11.1 Å². The Balaban J connectivity index is 1.74. The van der Waals surface area contributed by atoms with Crippen molar-refractivity contribution in [3.63, 3.8) is 0 Å². The van der Waals surface area contributed by atoms with Crippen molar-refractivity contribution >= 4 is 12.1 Å². The van der Waals surface area contributed by atoms with Crippen LogP contribution in [0.4, 0.5) is 4.79 Å². The molecule has 3 rings (SSSR count). The molecule has 0 aromatic heterocycles. The number of methoxy groups -OCH3 is 1. The number of amides is 1. The van der Waals surface area contributed by atoms with Gasteiger partial charge in [-0.05, 0) is 22.3 Å². The minimum absolute atomic E-state index is 0.0944. The van der Waals surface area contributed by atoms with Crippen molar-refractivity contribution in [2.45, 2.75) is 18.9 Å². The summed E-state index contributed by atoms with van der Waals surface area (Å²) < 4.78 is 10.6. The smallest absolute Gasteiger partial charge is 0.407 e. The fraction of sp³-hybridized carbons (Fsp3) is 0.304. The Morgan fingerprint density at radius 2 is 1.72 bits per heavy atom. The lowest BCUT2D eigenvalue weighted by molar-refractivity contribution is -0.142. The molecule has 0 unspecified atom stereocenters. The first-order valence-electron chi connectivity index (χ1n) is 9.38. The molecule has 0 fully saturated rings. The first-order chi connectivity index (χ1) is 13.9. The number of hydrogen-bond acceptors (Lipinski definition) is 4. The van der Waals surface area contributed by atoms with Crippen LogP contribution in [-0.2, 0) is 14.3 Å². The molecule has 1 aliphatic rings. The molecule has 0 saturated heterocycles. The highest BCUT2D eigenvalue weighted by Crippen LogP contribution is 2.44. The quantitative estimate of drug-likeness (QED) is 0.664. The standard InChI is InChI=1S/C23H25NO5/c1-4-23(2,14-28-3)20(21(25)26)24-22(27)29-13-19-17-11-7-5-9-15(17)16-10-6-8-12-18(16)19/h4-12,19-20H,1,13-14H2,2-3H3,(H,24,27)(H,25,26)/t20-,23-/m1/s1. The summed E-state index contributed by atoms with van der Waals surface area (Å²) in [6.45, 7) is 5.55. The lowest BCUT2D eigenvalue weighted by Crippen LogP contribution is -2.52. The summed E-state index contributed by atoms with van der Waals surface area (Å²) in [4.78, 5) is 24.2. The number of rotatable bonds is 8. The third-order valence-corrected chi connectivity index (χ3v) is 5.43. The summed E-state index contributed by atoms with van der Waals surface area (Å²) in [5.41, 5.74) is 3.45. The van der Waals surface area contributed by atoms with E-state index in [1.165, 1.54) is 13.2 Å². The number of nitrogens with one attached hydrogen (secondary N) is 1. The van der Waals surface area contributed by atoms with Crippen LogP contribution in [0.2, 0.25) is 0 Å². The van der Waals surface area contributed by atoms with E-state index in [0.29, 0.717) is 0 Å². The Hall–Kier alpha value is -3.12. The SMILES string of the molecule is C=C[C@](C)(COC)[C@H](NC(=O)OCC1c2ccccc2-c2ccccc21)C(=O)O. The number of carbonyl (C=O) groups is 2. The second-order valence-electron chi connectivity index (χ2n) is 7.38. The molecule has 1 amide bonds. The molecule has 2 N–H and O–H groups in total. The van der Waals surface area contributed by atoms with Gasteiger partial charge in [-0.15, -0.1) is 6.58 Å². The highest BCUT2D eigenvalue weighted by atomic mass is 16.5. The van der Waals surface area contributed by atoms with Crippen molar-refractivity contribution in [1.29, 1.82) is 0 Å². The largest absolute Gasteiger partial charge is 0.480 e. The number of alkyl carbamates (subject to hydrolysis) is 1. The van der Waals surface area contributed by atoms with Crippen LogP contribution >= 0.6 is 0 Å². The molecule has 2 atom stereocenters. The molecule has 152 valence electrons. The lowest BCUT2D eigenvalue weighted by atomic mass is 9.83. The molecule has 2 aromatic carbocycles. The van der Waals surface area contributed by atoms with E-state index < -0.39 is 23.5 Å². The molecular weight excluding hydrogens is 370 g/mol. The average molecular weight is 395 g/mol. The Morgan fingerprint density at radius 1 is 1.17 bits per heavy atom. The first-order valence-corrected chi connectivity index (χ1v) is 9.38. The van der Waals surface area contributed by atoms with Gasteiger partial charge in [-0.3, -0.25) is 0 Å². The molecule has 6 nitrogen and oxygen atoms in total. The van der Waals surface area contributed by atoms with Crippen LogP contribution < -0.4 is 5.32 Å². The fourth-order valence-corrected chi connectivity index (χ4v) is 3.84. The van der Waals surface area contributed by atoms with Crippen molar-refractivity contribution in [3.05, 3.63) is 72.3 Å². The molecule has 6 heteroatoms. The monoisotopic (exact) mass is 395 g/mol. The predicted octanol–water partition coefficient (Wildman–Crippen LogP) is 3.82. The summed E-state index contributed by atoms with van der Waals surface area (Å²) in [6, 6.07) is 14.8. The maximum absolute atomic E-state index is 12.4. The van der Waals surface area contributed by atoms with Gasteiger partial charge in [0.2, 0.25) is 0 Å². The van der Waals surface area contributed by atoms with Crippen LogP contribution in [0.3, 0.4) is 0 Å². The van der Waals surface area contributed by atoms with Crippen LogP contribution in [-0.4, -0.2) is 43.5 Å². The topological polar surface area (TPSA) is 84.9 Å². The first kappa shape index (κ1) is 20.6. The predicted molar refractivity (Wildman–Crippen MR) is 110 cm³/mol.